The highest BCUT2D eigenvalue weighted by Gasteiger charge is 2.60. The van der Waals surface area contributed by atoms with E-state index in [1.54, 1.807) is 0 Å². The molecule has 0 aliphatic heterocycles. The topological polar surface area (TPSA) is 55.4 Å². The van der Waals surface area contributed by atoms with Crippen molar-refractivity contribution in [2.24, 2.45) is 17.3 Å². The fraction of sp³-hybridized carbons (Fsp3) is 0.652. The van der Waals surface area contributed by atoms with Gasteiger partial charge in [0.15, 0.2) is 6.61 Å². The molecule has 1 N–H and O–H groups in total. The Hall–Kier alpha value is -1.55. The van der Waals surface area contributed by atoms with Gasteiger partial charge in [-0.1, -0.05) is 24.3 Å². The quantitative estimate of drug-likeness (QED) is 0.604. The number of esters is 1. The second-order valence-electron chi connectivity index (χ2n) is 9.68. The smallest absolute Gasteiger partial charge is 0.312 e. The second kappa shape index (κ2) is 6.76. The lowest BCUT2D eigenvalue weighted by Gasteiger charge is -2.58. The van der Waals surface area contributed by atoms with Gasteiger partial charge in [0.1, 0.15) is 0 Å². The number of amides is 1. The van der Waals surface area contributed by atoms with Crippen molar-refractivity contribution in [3.63, 3.8) is 0 Å². The van der Waals surface area contributed by atoms with E-state index in [-0.39, 0.29) is 29.4 Å². The van der Waals surface area contributed by atoms with Gasteiger partial charge in [0.05, 0.1) is 11.5 Å². The van der Waals surface area contributed by atoms with Gasteiger partial charge in [-0.15, -0.1) is 11.6 Å². The summed E-state index contributed by atoms with van der Waals surface area (Å²) in [6.45, 7) is -0.191. The van der Waals surface area contributed by atoms with Crippen molar-refractivity contribution < 1.29 is 14.3 Å². The van der Waals surface area contributed by atoms with Crippen LogP contribution < -0.4 is 5.32 Å². The third-order valence-corrected chi connectivity index (χ3v) is 7.90. The number of alkyl halides is 1. The lowest BCUT2D eigenvalue weighted by atomic mass is 9.49. The van der Waals surface area contributed by atoms with E-state index in [1.807, 2.05) is 12.1 Å². The highest BCUT2D eigenvalue weighted by molar-refractivity contribution is 6.24. The molecule has 4 bridgehead atoms. The lowest BCUT2D eigenvalue weighted by molar-refractivity contribution is -0.171. The molecule has 0 saturated heterocycles. The first-order valence-electron chi connectivity index (χ1n) is 10.7. The van der Waals surface area contributed by atoms with Crippen molar-refractivity contribution in [1.29, 1.82) is 0 Å². The Morgan fingerprint density at radius 1 is 1.14 bits per heavy atom. The van der Waals surface area contributed by atoms with Crippen LogP contribution in [0, 0.1) is 17.3 Å². The van der Waals surface area contributed by atoms with Crippen molar-refractivity contribution >= 4 is 23.5 Å². The highest BCUT2D eigenvalue weighted by atomic mass is 35.5. The standard InChI is InChI=1S/C23H28ClNO3/c24-23-11-15-8-16(12-23)10-22(9-15,14-23)21(27)28-13-20(26)25-19-7-3-5-17-4-1-2-6-18(17)19/h1-2,4,6,15-16,19H,3,5,7-14H2,(H,25,26)/t15-,16+,19-,22?,23?/m0/s1. The van der Waals surface area contributed by atoms with Crippen LogP contribution in [-0.2, 0) is 20.7 Å². The second-order valence-corrected chi connectivity index (χ2v) is 10.5. The van der Waals surface area contributed by atoms with Crippen LogP contribution in [0.4, 0.5) is 0 Å². The number of carbonyl (C=O) groups is 2. The number of hydrogen-bond donors (Lipinski definition) is 1. The summed E-state index contributed by atoms with van der Waals surface area (Å²) in [5.74, 6) is 0.670. The molecule has 5 atom stereocenters. The predicted octanol–water partition coefficient (Wildman–Crippen LogP) is 4.30. The number of hydrogen-bond acceptors (Lipinski definition) is 3. The van der Waals surface area contributed by atoms with Crippen LogP contribution in [0.3, 0.4) is 0 Å². The van der Waals surface area contributed by atoms with Gasteiger partial charge in [0.25, 0.3) is 5.91 Å². The van der Waals surface area contributed by atoms with Crippen LogP contribution in [0.15, 0.2) is 24.3 Å². The van der Waals surface area contributed by atoms with Gasteiger partial charge in [-0.25, -0.2) is 0 Å². The molecule has 4 fully saturated rings. The Labute approximate surface area is 171 Å². The molecular formula is C23H28ClNO3. The van der Waals surface area contributed by atoms with Gasteiger partial charge in [-0.05, 0) is 80.8 Å². The van der Waals surface area contributed by atoms with Gasteiger partial charge in [-0.3, -0.25) is 9.59 Å². The van der Waals surface area contributed by atoms with Gasteiger partial charge in [-0.2, -0.15) is 0 Å². The van der Waals surface area contributed by atoms with E-state index in [0.717, 1.165) is 44.9 Å². The summed E-state index contributed by atoms with van der Waals surface area (Å²) in [6, 6.07) is 8.28. The molecule has 5 aliphatic rings. The van der Waals surface area contributed by atoms with Crippen molar-refractivity contribution in [2.45, 2.75) is 68.7 Å². The van der Waals surface area contributed by atoms with Crippen molar-refractivity contribution in [1.82, 2.24) is 5.32 Å². The average molecular weight is 402 g/mol. The van der Waals surface area contributed by atoms with Crippen molar-refractivity contribution in [2.75, 3.05) is 6.61 Å². The zero-order valence-electron chi connectivity index (χ0n) is 16.2. The summed E-state index contributed by atoms with van der Waals surface area (Å²) in [4.78, 5) is 25.2. The van der Waals surface area contributed by atoms with Crippen LogP contribution in [0.2, 0.25) is 0 Å². The molecule has 0 radical (unpaired) electrons. The molecule has 5 aliphatic carbocycles. The lowest BCUT2D eigenvalue weighted by Crippen LogP contribution is -2.56. The van der Waals surface area contributed by atoms with Crippen molar-refractivity contribution in [3.8, 4) is 0 Å². The Balaban J connectivity index is 1.20. The first-order valence-corrected chi connectivity index (χ1v) is 11.1. The Bertz CT molecular complexity index is 793. The monoisotopic (exact) mass is 401 g/mol. The van der Waals surface area contributed by atoms with Crippen LogP contribution in [0.5, 0.6) is 0 Å². The van der Waals surface area contributed by atoms with Gasteiger partial charge in [0, 0.05) is 4.87 Å². The van der Waals surface area contributed by atoms with Crippen LogP contribution in [0.25, 0.3) is 0 Å². The number of nitrogens with one attached hydrogen (secondary N) is 1. The van der Waals surface area contributed by atoms with Gasteiger partial charge < -0.3 is 10.1 Å². The summed E-state index contributed by atoms with van der Waals surface area (Å²) in [6.07, 6.45) is 8.79. The highest BCUT2D eigenvalue weighted by Crippen LogP contribution is 2.64. The summed E-state index contributed by atoms with van der Waals surface area (Å²) in [5.41, 5.74) is 2.04. The number of ether oxygens (including phenoxy) is 1. The van der Waals surface area contributed by atoms with E-state index in [2.05, 4.69) is 17.4 Å². The molecule has 0 heterocycles. The molecule has 4 nitrogen and oxygen atoms in total. The number of halogens is 1. The predicted molar refractivity (Wildman–Crippen MR) is 107 cm³/mol. The third-order valence-electron chi connectivity index (χ3n) is 7.46. The van der Waals surface area contributed by atoms with Crippen LogP contribution >= 0.6 is 11.6 Å². The fourth-order valence-corrected chi connectivity index (χ4v) is 7.51. The number of carbonyl (C=O) groups excluding carboxylic acids is 2. The molecule has 28 heavy (non-hydrogen) atoms. The zero-order valence-corrected chi connectivity index (χ0v) is 17.0. The molecule has 6 rings (SSSR count). The maximum absolute atomic E-state index is 13.0. The van der Waals surface area contributed by atoms with E-state index in [4.69, 9.17) is 16.3 Å². The van der Waals surface area contributed by atoms with Crippen LogP contribution in [-0.4, -0.2) is 23.4 Å². The maximum atomic E-state index is 13.0. The number of aryl methyl sites for hydroxylation is 1. The molecule has 1 aromatic carbocycles. The Morgan fingerprint density at radius 3 is 2.64 bits per heavy atom. The molecule has 0 spiro atoms. The van der Waals surface area contributed by atoms with E-state index < -0.39 is 5.41 Å². The Morgan fingerprint density at radius 2 is 1.89 bits per heavy atom. The Kier molecular flexibility index (Phi) is 4.46. The third kappa shape index (κ3) is 3.24. The van der Waals surface area contributed by atoms with Gasteiger partial charge in [0.2, 0.25) is 0 Å². The van der Waals surface area contributed by atoms with E-state index in [0.29, 0.717) is 18.3 Å². The maximum Gasteiger partial charge on any atom is 0.312 e. The van der Waals surface area contributed by atoms with E-state index >= 15 is 0 Å². The number of benzene rings is 1. The fourth-order valence-electron chi connectivity index (χ4n) is 6.81. The summed E-state index contributed by atoms with van der Waals surface area (Å²) in [7, 11) is 0. The van der Waals surface area contributed by atoms with E-state index in [1.165, 1.54) is 17.5 Å². The zero-order chi connectivity index (χ0) is 19.4. The van der Waals surface area contributed by atoms with Crippen molar-refractivity contribution in [3.05, 3.63) is 35.4 Å². The summed E-state index contributed by atoms with van der Waals surface area (Å²) < 4.78 is 5.55. The van der Waals surface area contributed by atoms with Crippen LogP contribution in [0.1, 0.15) is 68.5 Å². The average Bonchev–Trinajstić information content (AvgIpc) is 2.64. The molecule has 2 unspecified atom stereocenters. The molecule has 1 aromatic rings. The minimum absolute atomic E-state index is 0.0156. The van der Waals surface area contributed by atoms with E-state index in [9.17, 15) is 9.59 Å². The SMILES string of the molecule is O=C(COC(=O)C12C[C@@H]3C[C@@H](CC(Cl)(C3)C1)C2)N[C@H]1CCCc2ccccc21. The molecular weight excluding hydrogens is 374 g/mol. The molecule has 1 amide bonds. The molecule has 0 aromatic heterocycles. The minimum atomic E-state index is -0.455. The first kappa shape index (κ1) is 18.5. The normalized spacial score (nSPS) is 38.0. The summed E-state index contributed by atoms with van der Waals surface area (Å²) >= 11 is 6.82. The first-order chi connectivity index (χ1) is 13.4. The minimum Gasteiger partial charge on any atom is -0.455 e. The molecule has 4 saturated carbocycles. The number of fused-ring (bicyclic) bond motifs is 1. The van der Waals surface area contributed by atoms with Gasteiger partial charge >= 0.3 is 5.97 Å². The molecule has 150 valence electrons. The molecule has 5 heteroatoms. The summed E-state index contributed by atoms with van der Waals surface area (Å²) in [5, 5.41) is 3.07. The largest absolute Gasteiger partial charge is 0.455 e. The number of rotatable bonds is 4.